The molecule has 0 bridgehead atoms. The molecule has 2 rings (SSSR count). The molecule has 1 N–H and O–H groups in total. The number of benzene rings is 1. The molecule has 3 heteroatoms. The fourth-order valence-electron chi connectivity index (χ4n) is 3.26. The van der Waals surface area contributed by atoms with Gasteiger partial charge in [0.2, 0.25) is 0 Å². The molecule has 20 heavy (non-hydrogen) atoms. The van der Waals surface area contributed by atoms with Gasteiger partial charge in [0.25, 0.3) is 0 Å². The van der Waals surface area contributed by atoms with E-state index < -0.39 is 0 Å². The Labute approximate surface area is 126 Å². The standard InChI is InChI=1S/C17H25ClFN/c1-13(2)11-20-12-17(8-3-4-9-17)10-14-6-5-7-15(18)16(14)19/h5-7,13,20H,3-4,8-12H2,1-2H3. The molecular weight excluding hydrogens is 273 g/mol. The van der Waals surface area contributed by atoms with Crippen LogP contribution >= 0.6 is 11.6 Å². The van der Waals surface area contributed by atoms with Crippen LogP contribution in [-0.2, 0) is 6.42 Å². The van der Waals surface area contributed by atoms with Crippen LogP contribution in [0.5, 0.6) is 0 Å². The molecule has 1 saturated carbocycles. The van der Waals surface area contributed by atoms with Gasteiger partial charge in [-0.2, -0.15) is 0 Å². The third kappa shape index (κ3) is 3.95. The Balaban J connectivity index is 2.07. The molecule has 1 aliphatic carbocycles. The summed E-state index contributed by atoms with van der Waals surface area (Å²) in [6.45, 7) is 6.44. The van der Waals surface area contributed by atoms with Crippen molar-refractivity contribution in [2.45, 2.75) is 46.0 Å². The fourth-order valence-corrected chi connectivity index (χ4v) is 3.45. The predicted octanol–water partition coefficient (Wildman–Crippen LogP) is 4.83. The maximum Gasteiger partial charge on any atom is 0.144 e. The van der Waals surface area contributed by atoms with Crippen molar-refractivity contribution in [2.24, 2.45) is 11.3 Å². The first-order valence-electron chi connectivity index (χ1n) is 7.66. The lowest BCUT2D eigenvalue weighted by Gasteiger charge is -2.30. The topological polar surface area (TPSA) is 12.0 Å². The second-order valence-electron chi connectivity index (χ2n) is 6.62. The van der Waals surface area contributed by atoms with E-state index in [0.29, 0.717) is 5.92 Å². The summed E-state index contributed by atoms with van der Waals surface area (Å²) in [7, 11) is 0. The third-order valence-electron chi connectivity index (χ3n) is 4.31. The molecule has 0 aliphatic heterocycles. The average molecular weight is 298 g/mol. The molecule has 0 radical (unpaired) electrons. The van der Waals surface area contributed by atoms with Gasteiger partial charge in [-0.15, -0.1) is 0 Å². The highest BCUT2D eigenvalue weighted by molar-refractivity contribution is 6.30. The van der Waals surface area contributed by atoms with Gasteiger partial charge in [0.05, 0.1) is 5.02 Å². The van der Waals surface area contributed by atoms with E-state index in [1.54, 1.807) is 6.07 Å². The van der Waals surface area contributed by atoms with Crippen LogP contribution in [0.1, 0.15) is 45.1 Å². The molecule has 0 saturated heterocycles. The second-order valence-corrected chi connectivity index (χ2v) is 7.03. The summed E-state index contributed by atoms with van der Waals surface area (Å²) in [5.74, 6) is 0.417. The van der Waals surface area contributed by atoms with Gasteiger partial charge in [0.15, 0.2) is 0 Å². The monoisotopic (exact) mass is 297 g/mol. The summed E-state index contributed by atoms with van der Waals surface area (Å²) in [6.07, 6.45) is 5.68. The van der Waals surface area contributed by atoms with E-state index in [-0.39, 0.29) is 16.3 Å². The minimum absolute atomic E-state index is 0.209. The molecule has 0 atom stereocenters. The van der Waals surface area contributed by atoms with E-state index >= 15 is 0 Å². The molecule has 1 nitrogen and oxygen atoms in total. The van der Waals surface area contributed by atoms with Crippen molar-refractivity contribution in [3.8, 4) is 0 Å². The number of nitrogens with one attached hydrogen (secondary N) is 1. The highest BCUT2D eigenvalue weighted by Crippen LogP contribution is 2.41. The minimum Gasteiger partial charge on any atom is -0.316 e. The summed E-state index contributed by atoms with van der Waals surface area (Å²) in [6, 6.07) is 5.35. The lowest BCUT2D eigenvalue weighted by Crippen LogP contribution is -2.36. The number of rotatable bonds is 6. The fraction of sp³-hybridized carbons (Fsp3) is 0.647. The molecule has 1 aromatic rings. The van der Waals surface area contributed by atoms with E-state index in [4.69, 9.17) is 11.6 Å². The van der Waals surface area contributed by atoms with Gasteiger partial charge in [-0.25, -0.2) is 4.39 Å². The number of hydrogen-bond donors (Lipinski definition) is 1. The molecule has 0 heterocycles. The van der Waals surface area contributed by atoms with E-state index in [0.717, 1.165) is 25.1 Å². The van der Waals surface area contributed by atoms with Crippen molar-refractivity contribution in [1.82, 2.24) is 5.32 Å². The highest BCUT2D eigenvalue weighted by Gasteiger charge is 2.34. The molecule has 1 fully saturated rings. The normalized spacial score (nSPS) is 17.9. The zero-order chi connectivity index (χ0) is 14.6. The van der Waals surface area contributed by atoms with Crippen LogP contribution in [-0.4, -0.2) is 13.1 Å². The maximum absolute atomic E-state index is 14.1. The molecule has 0 amide bonds. The van der Waals surface area contributed by atoms with Crippen LogP contribution in [0.2, 0.25) is 5.02 Å². The van der Waals surface area contributed by atoms with Crippen molar-refractivity contribution in [1.29, 1.82) is 0 Å². The van der Waals surface area contributed by atoms with Gasteiger partial charge in [-0.05, 0) is 48.8 Å². The Bertz CT molecular complexity index is 439. The molecule has 1 aliphatic rings. The summed E-state index contributed by atoms with van der Waals surface area (Å²) < 4.78 is 14.1. The van der Waals surface area contributed by atoms with Crippen molar-refractivity contribution >= 4 is 11.6 Å². The van der Waals surface area contributed by atoms with Crippen LogP contribution in [0.4, 0.5) is 4.39 Å². The largest absolute Gasteiger partial charge is 0.316 e. The third-order valence-corrected chi connectivity index (χ3v) is 4.61. The molecule has 1 aromatic carbocycles. The Morgan fingerprint density at radius 2 is 2.00 bits per heavy atom. The molecule has 0 spiro atoms. The Kier molecular flexibility index (Phi) is 5.45. The first-order valence-corrected chi connectivity index (χ1v) is 8.04. The highest BCUT2D eigenvalue weighted by atomic mass is 35.5. The number of hydrogen-bond acceptors (Lipinski definition) is 1. The van der Waals surface area contributed by atoms with Crippen molar-refractivity contribution in [2.75, 3.05) is 13.1 Å². The molecular formula is C17H25ClFN. The minimum atomic E-state index is -0.232. The van der Waals surface area contributed by atoms with E-state index in [1.807, 2.05) is 12.1 Å². The van der Waals surface area contributed by atoms with Crippen molar-refractivity contribution in [3.05, 3.63) is 34.6 Å². The van der Waals surface area contributed by atoms with Gasteiger partial charge in [-0.1, -0.05) is 50.4 Å². The van der Waals surface area contributed by atoms with E-state index in [1.165, 1.54) is 25.7 Å². The van der Waals surface area contributed by atoms with E-state index in [2.05, 4.69) is 19.2 Å². The summed E-state index contributed by atoms with van der Waals surface area (Å²) in [5, 5.41) is 3.81. The zero-order valence-electron chi connectivity index (χ0n) is 12.5. The quantitative estimate of drug-likeness (QED) is 0.793. The van der Waals surface area contributed by atoms with Crippen molar-refractivity contribution < 1.29 is 4.39 Å². The summed E-state index contributed by atoms with van der Waals surface area (Å²) in [4.78, 5) is 0. The van der Waals surface area contributed by atoms with Gasteiger partial charge < -0.3 is 5.32 Å². The first-order chi connectivity index (χ1) is 9.52. The summed E-state index contributed by atoms with van der Waals surface area (Å²) >= 11 is 5.90. The van der Waals surface area contributed by atoms with Gasteiger partial charge in [0, 0.05) is 6.54 Å². The van der Waals surface area contributed by atoms with Crippen LogP contribution in [0.15, 0.2) is 18.2 Å². The Morgan fingerprint density at radius 1 is 1.30 bits per heavy atom. The van der Waals surface area contributed by atoms with Gasteiger partial charge in [0.1, 0.15) is 5.82 Å². The second kappa shape index (κ2) is 6.91. The van der Waals surface area contributed by atoms with Crippen LogP contribution < -0.4 is 5.32 Å². The Morgan fingerprint density at radius 3 is 2.65 bits per heavy atom. The average Bonchev–Trinajstić information content (AvgIpc) is 2.83. The van der Waals surface area contributed by atoms with Crippen molar-refractivity contribution in [3.63, 3.8) is 0 Å². The maximum atomic E-state index is 14.1. The predicted molar refractivity (Wildman–Crippen MR) is 83.7 cm³/mol. The zero-order valence-corrected chi connectivity index (χ0v) is 13.3. The van der Waals surface area contributed by atoms with Crippen LogP contribution in [0.3, 0.4) is 0 Å². The molecule has 0 aromatic heterocycles. The lowest BCUT2D eigenvalue weighted by molar-refractivity contribution is 0.270. The van der Waals surface area contributed by atoms with Crippen LogP contribution in [0, 0.1) is 17.2 Å². The van der Waals surface area contributed by atoms with Gasteiger partial charge in [-0.3, -0.25) is 0 Å². The smallest absolute Gasteiger partial charge is 0.144 e. The molecule has 0 unspecified atom stereocenters. The number of halogens is 2. The van der Waals surface area contributed by atoms with Gasteiger partial charge >= 0.3 is 0 Å². The Hall–Kier alpha value is -0.600. The van der Waals surface area contributed by atoms with E-state index in [9.17, 15) is 4.39 Å². The summed E-state index contributed by atoms with van der Waals surface area (Å²) in [5.41, 5.74) is 0.978. The molecule has 112 valence electrons. The van der Waals surface area contributed by atoms with Crippen LogP contribution in [0.25, 0.3) is 0 Å². The lowest BCUT2D eigenvalue weighted by atomic mass is 9.79. The first kappa shape index (κ1) is 15.8. The SMILES string of the molecule is CC(C)CNCC1(Cc2cccc(Cl)c2F)CCCC1.